The molecule has 0 saturated heterocycles. The van der Waals surface area contributed by atoms with Crippen LogP contribution >= 0.6 is 11.6 Å². The summed E-state index contributed by atoms with van der Waals surface area (Å²) in [5.41, 5.74) is 1.93. The summed E-state index contributed by atoms with van der Waals surface area (Å²) in [4.78, 5) is 11.8. The largest absolute Gasteiger partial charge is 0.496 e. The van der Waals surface area contributed by atoms with Crippen LogP contribution < -0.4 is 10.1 Å². The molecule has 0 bridgehead atoms. The van der Waals surface area contributed by atoms with Crippen molar-refractivity contribution in [2.75, 3.05) is 20.3 Å². The lowest BCUT2D eigenvalue weighted by Crippen LogP contribution is -2.29. The van der Waals surface area contributed by atoms with Crippen LogP contribution in [0.3, 0.4) is 0 Å². The van der Waals surface area contributed by atoms with E-state index in [0.29, 0.717) is 24.6 Å². The number of para-hydroxylation sites is 1. The van der Waals surface area contributed by atoms with Crippen molar-refractivity contribution in [1.82, 2.24) is 5.32 Å². The van der Waals surface area contributed by atoms with Crippen LogP contribution in [-0.2, 0) is 22.6 Å². The van der Waals surface area contributed by atoms with Gasteiger partial charge in [0.1, 0.15) is 12.4 Å². The van der Waals surface area contributed by atoms with E-state index in [2.05, 4.69) is 5.32 Å². The zero-order chi connectivity index (χ0) is 16.5. The molecule has 0 aliphatic rings. The average Bonchev–Trinajstić information content (AvgIpc) is 2.57. The standard InChI is InChI=1S/C18H20ClNO3/c1-22-17-9-5-3-6-14(17)10-11-20-18(21)13-23-12-15-7-2-4-8-16(15)19/h2-9H,10-13H2,1H3,(H,20,21). The predicted octanol–water partition coefficient (Wildman–Crippen LogP) is 3.22. The summed E-state index contributed by atoms with van der Waals surface area (Å²) in [7, 11) is 1.64. The first-order valence-electron chi connectivity index (χ1n) is 7.40. The molecule has 0 heterocycles. The molecular weight excluding hydrogens is 314 g/mol. The summed E-state index contributed by atoms with van der Waals surface area (Å²) in [6.07, 6.45) is 0.709. The highest BCUT2D eigenvalue weighted by atomic mass is 35.5. The van der Waals surface area contributed by atoms with Crippen LogP contribution in [-0.4, -0.2) is 26.2 Å². The molecule has 23 heavy (non-hydrogen) atoms. The number of amides is 1. The fourth-order valence-corrected chi connectivity index (χ4v) is 2.36. The van der Waals surface area contributed by atoms with Gasteiger partial charge in [0.2, 0.25) is 5.91 Å². The molecule has 0 saturated carbocycles. The van der Waals surface area contributed by atoms with Crippen molar-refractivity contribution < 1.29 is 14.3 Å². The molecule has 0 aliphatic carbocycles. The third-order valence-corrected chi connectivity index (χ3v) is 3.73. The van der Waals surface area contributed by atoms with Gasteiger partial charge in [0.05, 0.1) is 13.7 Å². The number of hydrogen-bond acceptors (Lipinski definition) is 3. The molecule has 1 amide bonds. The third-order valence-electron chi connectivity index (χ3n) is 3.36. The van der Waals surface area contributed by atoms with Crippen molar-refractivity contribution in [3.8, 4) is 5.75 Å². The van der Waals surface area contributed by atoms with Gasteiger partial charge >= 0.3 is 0 Å². The highest BCUT2D eigenvalue weighted by molar-refractivity contribution is 6.31. The van der Waals surface area contributed by atoms with Crippen LogP contribution in [0.4, 0.5) is 0 Å². The van der Waals surface area contributed by atoms with Gasteiger partial charge in [-0.25, -0.2) is 0 Å². The fraction of sp³-hybridized carbons (Fsp3) is 0.278. The molecule has 2 aromatic rings. The molecular formula is C18H20ClNO3. The Morgan fingerprint density at radius 2 is 1.78 bits per heavy atom. The summed E-state index contributed by atoms with van der Waals surface area (Å²) in [5, 5.41) is 3.47. The second kappa shape index (κ2) is 9.18. The Morgan fingerprint density at radius 3 is 2.52 bits per heavy atom. The topological polar surface area (TPSA) is 47.6 Å². The third kappa shape index (κ3) is 5.58. The van der Waals surface area contributed by atoms with Crippen LogP contribution in [0.1, 0.15) is 11.1 Å². The van der Waals surface area contributed by atoms with E-state index in [-0.39, 0.29) is 12.5 Å². The van der Waals surface area contributed by atoms with Gasteiger partial charge in [-0.3, -0.25) is 4.79 Å². The number of hydrogen-bond donors (Lipinski definition) is 1. The number of carbonyl (C=O) groups is 1. The Labute approximate surface area is 141 Å². The van der Waals surface area contributed by atoms with Crippen LogP contribution in [0.15, 0.2) is 48.5 Å². The average molecular weight is 334 g/mol. The molecule has 0 aliphatic heterocycles. The van der Waals surface area contributed by atoms with Crippen molar-refractivity contribution in [1.29, 1.82) is 0 Å². The van der Waals surface area contributed by atoms with Gasteiger partial charge in [0, 0.05) is 11.6 Å². The lowest BCUT2D eigenvalue weighted by molar-refractivity contribution is -0.126. The molecule has 2 rings (SSSR count). The van der Waals surface area contributed by atoms with E-state index < -0.39 is 0 Å². The first-order chi connectivity index (χ1) is 11.2. The maximum absolute atomic E-state index is 11.8. The molecule has 2 aromatic carbocycles. The van der Waals surface area contributed by atoms with Crippen molar-refractivity contribution in [2.24, 2.45) is 0 Å². The van der Waals surface area contributed by atoms with E-state index in [1.54, 1.807) is 13.2 Å². The van der Waals surface area contributed by atoms with Crippen LogP contribution in [0.2, 0.25) is 5.02 Å². The van der Waals surface area contributed by atoms with E-state index in [1.165, 1.54) is 0 Å². The minimum absolute atomic E-state index is 0.0111. The second-order valence-corrected chi connectivity index (χ2v) is 5.40. The molecule has 1 N–H and O–H groups in total. The SMILES string of the molecule is COc1ccccc1CCNC(=O)COCc1ccccc1Cl. The Morgan fingerprint density at radius 1 is 1.09 bits per heavy atom. The Hall–Kier alpha value is -2.04. The van der Waals surface area contributed by atoms with E-state index in [1.807, 2.05) is 42.5 Å². The van der Waals surface area contributed by atoms with Gasteiger partial charge in [-0.15, -0.1) is 0 Å². The lowest BCUT2D eigenvalue weighted by Gasteiger charge is -2.09. The van der Waals surface area contributed by atoms with Gasteiger partial charge < -0.3 is 14.8 Å². The quantitative estimate of drug-likeness (QED) is 0.807. The maximum Gasteiger partial charge on any atom is 0.246 e. The molecule has 0 fully saturated rings. The van der Waals surface area contributed by atoms with Crippen molar-refractivity contribution >= 4 is 17.5 Å². The molecule has 0 aromatic heterocycles. The summed E-state index contributed by atoms with van der Waals surface area (Å²) in [5.74, 6) is 0.684. The van der Waals surface area contributed by atoms with E-state index in [9.17, 15) is 4.79 Å². The molecule has 5 heteroatoms. The van der Waals surface area contributed by atoms with Crippen molar-refractivity contribution in [3.05, 3.63) is 64.7 Å². The Balaban J connectivity index is 1.68. The number of nitrogens with one attached hydrogen (secondary N) is 1. The Bertz CT molecular complexity index is 646. The molecule has 4 nitrogen and oxygen atoms in total. The highest BCUT2D eigenvalue weighted by Crippen LogP contribution is 2.17. The van der Waals surface area contributed by atoms with Gasteiger partial charge in [0.25, 0.3) is 0 Å². The fourth-order valence-electron chi connectivity index (χ4n) is 2.17. The predicted molar refractivity (Wildman–Crippen MR) is 90.8 cm³/mol. The second-order valence-electron chi connectivity index (χ2n) is 5.00. The first-order valence-corrected chi connectivity index (χ1v) is 7.78. The van der Waals surface area contributed by atoms with Gasteiger partial charge in [-0.1, -0.05) is 48.0 Å². The molecule has 122 valence electrons. The lowest BCUT2D eigenvalue weighted by atomic mass is 10.1. The number of halogens is 1. The zero-order valence-corrected chi connectivity index (χ0v) is 13.8. The monoisotopic (exact) mass is 333 g/mol. The normalized spacial score (nSPS) is 10.3. The molecule has 0 unspecified atom stereocenters. The molecule has 0 spiro atoms. The minimum atomic E-state index is -0.146. The van der Waals surface area contributed by atoms with E-state index >= 15 is 0 Å². The smallest absolute Gasteiger partial charge is 0.246 e. The van der Waals surface area contributed by atoms with Crippen molar-refractivity contribution in [3.63, 3.8) is 0 Å². The van der Waals surface area contributed by atoms with Gasteiger partial charge in [-0.05, 0) is 29.7 Å². The number of ether oxygens (including phenoxy) is 2. The number of benzene rings is 2. The van der Waals surface area contributed by atoms with Crippen LogP contribution in [0.25, 0.3) is 0 Å². The Kier molecular flexibility index (Phi) is 6.91. The van der Waals surface area contributed by atoms with Crippen LogP contribution in [0, 0.1) is 0 Å². The summed E-state index contributed by atoms with van der Waals surface area (Å²) in [6, 6.07) is 15.2. The van der Waals surface area contributed by atoms with Crippen LogP contribution in [0.5, 0.6) is 5.75 Å². The number of rotatable bonds is 8. The zero-order valence-electron chi connectivity index (χ0n) is 13.0. The summed E-state index contributed by atoms with van der Waals surface area (Å²) >= 11 is 6.03. The van der Waals surface area contributed by atoms with Gasteiger partial charge in [0.15, 0.2) is 0 Å². The summed E-state index contributed by atoms with van der Waals surface area (Å²) in [6.45, 7) is 0.866. The number of carbonyl (C=O) groups excluding carboxylic acids is 1. The first kappa shape index (κ1) is 17.3. The van der Waals surface area contributed by atoms with E-state index in [0.717, 1.165) is 16.9 Å². The maximum atomic E-state index is 11.8. The summed E-state index contributed by atoms with van der Waals surface area (Å²) < 4.78 is 10.7. The van der Waals surface area contributed by atoms with Crippen molar-refractivity contribution in [2.45, 2.75) is 13.0 Å². The molecule has 0 radical (unpaired) electrons. The minimum Gasteiger partial charge on any atom is -0.496 e. The van der Waals surface area contributed by atoms with Gasteiger partial charge in [-0.2, -0.15) is 0 Å². The number of methoxy groups -OCH3 is 1. The highest BCUT2D eigenvalue weighted by Gasteiger charge is 2.05. The van der Waals surface area contributed by atoms with E-state index in [4.69, 9.17) is 21.1 Å². The molecule has 0 atom stereocenters.